The number of guanidine groups is 1. The van der Waals surface area contributed by atoms with Crippen LogP contribution in [0.15, 0.2) is 23.2 Å². The molecule has 0 bridgehead atoms. The van der Waals surface area contributed by atoms with Crippen molar-refractivity contribution in [2.75, 3.05) is 67.0 Å². The van der Waals surface area contributed by atoms with Crippen LogP contribution in [-0.4, -0.2) is 82.8 Å². The van der Waals surface area contributed by atoms with E-state index in [4.69, 9.17) is 16.3 Å². The molecule has 1 aromatic rings. The fraction of sp³-hybridized carbons (Fsp3) is 0.650. The Hall–Kier alpha value is -0.770. The summed E-state index contributed by atoms with van der Waals surface area (Å²) in [6, 6.07) is 5.80. The van der Waals surface area contributed by atoms with Gasteiger partial charge in [0.15, 0.2) is 5.96 Å². The van der Waals surface area contributed by atoms with Gasteiger partial charge in [-0.15, -0.1) is 24.0 Å². The van der Waals surface area contributed by atoms with E-state index in [1.165, 1.54) is 39.1 Å². The van der Waals surface area contributed by atoms with E-state index in [9.17, 15) is 0 Å². The van der Waals surface area contributed by atoms with E-state index in [0.717, 1.165) is 48.2 Å². The maximum atomic E-state index is 6.29. The number of nitrogens with zero attached hydrogens (tertiary/aromatic N) is 3. The van der Waals surface area contributed by atoms with Crippen LogP contribution in [0.3, 0.4) is 0 Å². The molecule has 0 atom stereocenters. The maximum Gasteiger partial charge on any atom is 0.190 e. The van der Waals surface area contributed by atoms with Gasteiger partial charge in [-0.05, 0) is 50.6 Å². The molecule has 1 fully saturated rings. The van der Waals surface area contributed by atoms with Gasteiger partial charge in [-0.1, -0.05) is 17.7 Å². The second kappa shape index (κ2) is 14.3. The van der Waals surface area contributed by atoms with Crippen LogP contribution in [0.25, 0.3) is 0 Å². The minimum Gasteiger partial charge on any atom is -0.497 e. The number of benzene rings is 1. The van der Waals surface area contributed by atoms with Crippen molar-refractivity contribution in [2.24, 2.45) is 4.99 Å². The van der Waals surface area contributed by atoms with Gasteiger partial charge < -0.3 is 25.2 Å². The van der Waals surface area contributed by atoms with Crippen molar-refractivity contribution in [3.8, 4) is 5.75 Å². The molecule has 0 radical (unpaired) electrons. The lowest BCUT2D eigenvalue weighted by molar-refractivity contribution is 0.152. The number of halogens is 2. The molecule has 1 aromatic carbocycles. The number of likely N-dealkylation sites (N-methyl/N-ethyl adjacent to an activating group) is 1. The molecule has 0 saturated carbocycles. The van der Waals surface area contributed by atoms with Crippen LogP contribution in [0, 0.1) is 0 Å². The van der Waals surface area contributed by atoms with Gasteiger partial charge in [0.1, 0.15) is 5.75 Å². The lowest BCUT2D eigenvalue weighted by Crippen LogP contribution is -2.44. The number of ether oxygens (including phenoxy) is 1. The molecule has 6 nitrogen and oxygen atoms in total. The second-order valence-electron chi connectivity index (χ2n) is 6.99. The molecule has 8 heteroatoms. The van der Waals surface area contributed by atoms with Crippen LogP contribution in [0.4, 0.5) is 0 Å². The second-order valence-corrected chi connectivity index (χ2v) is 7.39. The molecule has 1 aliphatic rings. The number of aliphatic imine (C=N–C) groups is 1. The highest BCUT2D eigenvalue weighted by atomic mass is 127. The highest BCUT2D eigenvalue weighted by Crippen LogP contribution is 2.22. The molecule has 2 N–H and O–H groups in total. The SMILES string of the molecule is CN=C(NCCCCN1CCN(C)CC1)NCCc1ccc(OC)cc1Cl.I. The Balaban J connectivity index is 0.00000392. The quantitative estimate of drug-likeness (QED) is 0.226. The van der Waals surface area contributed by atoms with Gasteiger partial charge in [0.05, 0.1) is 7.11 Å². The molecule has 1 saturated heterocycles. The van der Waals surface area contributed by atoms with Crippen LogP contribution in [0.5, 0.6) is 5.75 Å². The minimum atomic E-state index is 0. The van der Waals surface area contributed by atoms with Crippen molar-refractivity contribution in [2.45, 2.75) is 19.3 Å². The lowest BCUT2D eigenvalue weighted by atomic mass is 10.1. The molecule has 0 unspecified atom stereocenters. The van der Waals surface area contributed by atoms with E-state index >= 15 is 0 Å². The van der Waals surface area contributed by atoms with E-state index in [2.05, 4.69) is 32.5 Å². The number of hydrogen-bond acceptors (Lipinski definition) is 4. The first-order chi connectivity index (χ1) is 13.1. The third kappa shape index (κ3) is 9.15. The highest BCUT2D eigenvalue weighted by molar-refractivity contribution is 14.0. The number of piperazine rings is 1. The Labute approximate surface area is 192 Å². The molecule has 2 rings (SSSR count). The van der Waals surface area contributed by atoms with Crippen molar-refractivity contribution < 1.29 is 4.74 Å². The minimum absolute atomic E-state index is 0. The summed E-state index contributed by atoms with van der Waals surface area (Å²) >= 11 is 6.29. The fourth-order valence-electron chi connectivity index (χ4n) is 3.13. The van der Waals surface area contributed by atoms with Crippen molar-refractivity contribution in [1.82, 2.24) is 20.4 Å². The first kappa shape index (κ1) is 25.3. The van der Waals surface area contributed by atoms with Crippen LogP contribution in [0.1, 0.15) is 18.4 Å². The van der Waals surface area contributed by atoms with Crippen molar-refractivity contribution in [3.63, 3.8) is 0 Å². The normalized spacial score (nSPS) is 15.8. The molecule has 28 heavy (non-hydrogen) atoms. The predicted octanol–water partition coefficient (Wildman–Crippen LogP) is 2.70. The van der Waals surface area contributed by atoms with Gasteiger partial charge in [0.2, 0.25) is 0 Å². The molecular formula is C20H35ClIN5O. The zero-order valence-electron chi connectivity index (χ0n) is 17.3. The summed E-state index contributed by atoms with van der Waals surface area (Å²) in [7, 11) is 5.65. The third-order valence-corrected chi connectivity index (χ3v) is 5.31. The standard InChI is InChI=1S/C20H34ClN5O.HI/c1-22-20(23-9-4-5-11-26-14-12-25(2)13-15-26)24-10-8-17-6-7-18(27-3)16-19(17)21;/h6-7,16H,4-5,8-15H2,1-3H3,(H2,22,23,24);1H. The molecule has 0 aliphatic carbocycles. The Morgan fingerprint density at radius 3 is 2.50 bits per heavy atom. The number of methoxy groups -OCH3 is 1. The van der Waals surface area contributed by atoms with Crippen LogP contribution in [-0.2, 0) is 6.42 Å². The van der Waals surface area contributed by atoms with E-state index < -0.39 is 0 Å². The van der Waals surface area contributed by atoms with Gasteiger partial charge >= 0.3 is 0 Å². The summed E-state index contributed by atoms with van der Waals surface area (Å²) in [5.41, 5.74) is 1.10. The summed E-state index contributed by atoms with van der Waals surface area (Å²) in [5.74, 6) is 1.63. The highest BCUT2D eigenvalue weighted by Gasteiger charge is 2.12. The van der Waals surface area contributed by atoms with Gasteiger partial charge in [-0.2, -0.15) is 0 Å². The molecule has 1 heterocycles. The first-order valence-corrected chi connectivity index (χ1v) is 10.2. The molecular weight excluding hydrogens is 489 g/mol. The average molecular weight is 524 g/mol. The van der Waals surface area contributed by atoms with E-state index in [1.54, 1.807) is 14.2 Å². The summed E-state index contributed by atoms with van der Waals surface area (Å²) in [4.78, 5) is 9.25. The molecule has 160 valence electrons. The summed E-state index contributed by atoms with van der Waals surface area (Å²) in [6.45, 7) is 7.68. The topological polar surface area (TPSA) is 52.1 Å². The predicted molar refractivity (Wildman–Crippen MR) is 130 cm³/mol. The fourth-order valence-corrected chi connectivity index (χ4v) is 3.40. The van der Waals surface area contributed by atoms with E-state index in [-0.39, 0.29) is 24.0 Å². The third-order valence-electron chi connectivity index (χ3n) is 4.96. The Kier molecular flexibility index (Phi) is 12.9. The number of unbranched alkanes of at least 4 members (excludes halogenated alkanes) is 1. The summed E-state index contributed by atoms with van der Waals surface area (Å²) < 4.78 is 5.18. The number of nitrogens with one attached hydrogen (secondary N) is 2. The Morgan fingerprint density at radius 2 is 1.86 bits per heavy atom. The Bertz CT molecular complexity index is 594. The van der Waals surface area contributed by atoms with Crippen molar-refractivity contribution >= 4 is 41.5 Å². The van der Waals surface area contributed by atoms with Gasteiger partial charge in [-0.25, -0.2) is 0 Å². The smallest absolute Gasteiger partial charge is 0.190 e. The largest absolute Gasteiger partial charge is 0.497 e. The van der Waals surface area contributed by atoms with Gasteiger partial charge in [0.25, 0.3) is 0 Å². The van der Waals surface area contributed by atoms with E-state index in [0.29, 0.717) is 0 Å². The monoisotopic (exact) mass is 523 g/mol. The van der Waals surface area contributed by atoms with Crippen LogP contribution in [0.2, 0.25) is 5.02 Å². The van der Waals surface area contributed by atoms with Gasteiger partial charge in [0, 0.05) is 51.3 Å². The van der Waals surface area contributed by atoms with Crippen LogP contribution < -0.4 is 15.4 Å². The Morgan fingerprint density at radius 1 is 1.14 bits per heavy atom. The maximum absolute atomic E-state index is 6.29. The summed E-state index contributed by atoms with van der Waals surface area (Å²) in [5, 5.41) is 7.48. The average Bonchev–Trinajstić information content (AvgIpc) is 2.68. The molecule has 0 aromatic heterocycles. The zero-order chi connectivity index (χ0) is 19.5. The first-order valence-electron chi connectivity index (χ1n) is 9.80. The molecule has 1 aliphatic heterocycles. The summed E-state index contributed by atoms with van der Waals surface area (Å²) in [6.07, 6.45) is 3.21. The van der Waals surface area contributed by atoms with E-state index in [1.807, 2.05) is 18.2 Å². The lowest BCUT2D eigenvalue weighted by Gasteiger charge is -2.32. The molecule has 0 spiro atoms. The number of hydrogen-bond donors (Lipinski definition) is 2. The molecule has 0 amide bonds. The zero-order valence-corrected chi connectivity index (χ0v) is 20.4. The van der Waals surface area contributed by atoms with Crippen molar-refractivity contribution in [3.05, 3.63) is 28.8 Å². The number of rotatable bonds is 9. The van der Waals surface area contributed by atoms with Crippen LogP contribution >= 0.6 is 35.6 Å². The van der Waals surface area contributed by atoms with Gasteiger partial charge in [-0.3, -0.25) is 4.99 Å². The van der Waals surface area contributed by atoms with Crippen molar-refractivity contribution in [1.29, 1.82) is 0 Å².